The van der Waals surface area contributed by atoms with E-state index in [0.717, 1.165) is 63.9 Å². The summed E-state index contributed by atoms with van der Waals surface area (Å²) in [6, 6.07) is 13.9. The van der Waals surface area contributed by atoms with E-state index in [2.05, 4.69) is 25.1 Å². The highest BCUT2D eigenvalue weighted by Crippen LogP contribution is 2.41. The fraction of sp³-hybridized carbons (Fsp3) is 0.484. The molecule has 1 atom stereocenters. The molecule has 13 heteroatoms. The van der Waals surface area contributed by atoms with E-state index in [1.807, 2.05) is 35.2 Å². The van der Waals surface area contributed by atoms with Crippen LogP contribution in [-0.2, 0) is 11.0 Å². The van der Waals surface area contributed by atoms with Crippen LogP contribution in [0.1, 0.15) is 36.4 Å². The van der Waals surface area contributed by atoms with Crippen LogP contribution in [0.5, 0.6) is 0 Å². The van der Waals surface area contributed by atoms with Crippen molar-refractivity contribution in [2.45, 2.75) is 37.5 Å². The van der Waals surface area contributed by atoms with Crippen molar-refractivity contribution < 1.29 is 27.5 Å². The quantitative estimate of drug-likeness (QED) is 0.346. The van der Waals surface area contributed by atoms with Gasteiger partial charge in [0.1, 0.15) is 11.4 Å². The Labute approximate surface area is 254 Å². The molecule has 2 N–H and O–H groups in total. The summed E-state index contributed by atoms with van der Waals surface area (Å²) in [5, 5.41) is 13.3. The Bertz CT molecular complexity index is 1400. The van der Waals surface area contributed by atoms with Crippen LogP contribution in [0, 0.1) is 5.82 Å². The van der Waals surface area contributed by atoms with Crippen molar-refractivity contribution in [3.05, 3.63) is 71.7 Å². The monoisotopic (exact) mass is 615 g/mol. The van der Waals surface area contributed by atoms with Crippen molar-refractivity contribution >= 4 is 23.1 Å². The summed E-state index contributed by atoms with van der Waals surface area (Å²) < 4.78 is 57.3. The van der Waals surface area contributed by atoms with E-state index in [1.54, 1.807) is 12.1 Å². The second-order valence-corrected chi connectivity index (χ2v) is 11.4. The first-order valence-electron chi connectivity index (χ1n) is 15.1. The van der Waals surface area contributed by atoms with Gasteiger partial charge in [0.05, 0.1) is 24.9 Å². The van der Waals surface area contributed by atoms with E-state index < -0.39 is 29.4 Å². The topological polar surface area (TPSA) is 80.2 Å². The number of piperidine rings is 1. The molecule has 3 saturated heterocycles. The van der Waals surface area contributed by atoms with Gasteiger partial charge >= 0.3 is 6.18 Å². The number of anilines is 4. The van der Waals surface area contributed by atoms with Crippen LogP contribution in [-0.4, -0.2) is 89.9 Å². The Morgan fingerprint density at radius 1 is 0.955 bits per heavy atom. The van der Waals surface area contributed by atoms with Crippen molar-refractivity contribution in [2.75, 3.05) is 74.3 Å². The van der Waals surface area contributed by atoms with Crippen molar-refractivity contribution in [2.24, 2.45) is 0 Å². The Morgan fingerprint density at radius 2 is 1.70 bits per heavy atom. The summed E-state index contributed by atoms with van der Waals surface area (Å²) in [5.41, 5.74) is 0.623. The molecule has 6 rings (SSSR count). The molecule has 3 fully saturated rings. The zero-order valence-corrected chi connectivity index (χ0v) is 24.4. The van der Waals surface area contributed by atoms with Crippen molar-refractivity contribution in [1.82, 2.24) is 19.8 Å². The van der Waals surface area contributed by atoms with Crippen LogP contribution < -0.4 is 15.3 Å². The van der Waals surface area contributed by atoms with Gasteiger partial charge < -0.3 is 15.3 Å². The van der Waals surface area contributed by atoms with Gasteiger partial charge in [0.25, 0.3) is 0 Å². The molecule has 0 amide bonds. The number of hydrogen-bond acceptors (Lipinski definition) is 9. The van der Waals surface area contributed by atoms with Gasteiger partial charge in [-0.1, -0.05) is 30.3 Å². The Kier molecular flexibility index (Phi) is 9.17. The lowest BCUT2D eigenvalue weighted by Gasteiger charge is -2.43. The van der Waals surface area contributed by atoms with Gasteiger partial charge in [0.15, 0.2) is 5.82 Å². The normalized spacial score (nSPS) is 20.8. The third-order valence-corrected chi connectivity index (χ3v) is 8.72. The van der Waals surface area contributed by atoms with E-state index in [4.69, 9.17) is 4.84 Å². The maximum absolute atomic E-state index is 15.4. The molecule has 9 nitrogen and oxygen atoms in total. The molecular weight excluding hydrogens is 578 g/mol. The number of aromatic nitrogens is 2. The standard InChI is InChI=1S/C31H37F4N7O2/c32-26-20-23(6-7-28(26)41-11-8-24(9-12-41)40-15-13-39(14-16-40)17-18-43)37-30-36-21-25(31(33,34)35)29(38-30)42-27(10-19-44-42)22-4-2-1-3-5-22/h1-7,20-21,24,27,43H,8-19H2,(H,36,37,38). The third kappa shape index (κ3) is 6.75. The lowest BCUT2D eigenvalue weighted by molar-refractivity contribution is -0.138. The first-order valence-corrected chi connectivity index (χ1v) is 15.1. The number of rotatable bonds is 8. The minimum Gasteiger partial charge on any atom is -0.395 e. The molecule has 3 aromatic rings. The average Bonchev–Trinajstić information content (AvgIpc) is 3.52. The van der Waals surface area contributed by atoms with Crippen molar-refractivity contribution in [1.29, 1.82) is 0 Å². The molecule has 4 heterocycles. The summed E-state index contributed by atoms with van der Waals surface area (Å²) in [7, 11) is 0. The van der Waals surface area contributed by atoms with Gasteiger partial charge in [0.2, 0.25) is 5.95 Å². The average molecular weight is 616 g/mol. The lowest BCUT2D eigenvalue weighted by Crippen LogP contribution is -2.53. The van der Waals surface area contributed by atoms with E-state index in [9.17, 15) is 18.3 Å². The summed E-state index contributed by atoms with van der Waals surface area (Å²) in [6.45, 7) is 6.45. The Hall–Kier alpha value is -3.52. The van der Waals surface area contributed by atoms with Crippen LogP contribution >= 0.6 is 0 Å². The highest BCUT2D eigenvalue weighted by Gasteiger charge is 2.40. The molecule has 1 aromatic heterocycles. The molecule has 1 unspecified atom stereocenters. The number of nitrogens with zero attached hydrogens (tertiary/aromatic N) is 6. The first kappa shape index (κ1) is 30.5. The van der Waals surface area contributed by atoms with E-state index in [-0.39, 0.29) is 19.2 Å². The molecule has 0 spiro atoms. The zero-order valence-electron chi connectivity index (χ0n) is 24.4. The summed E-state index contributed by atoms with van der Waals surface area (Å²) >= 11 is 0. The van der Waals surface area contributed by atoms with E-state index in [1.165, 1.54) is 11.1 Å². The number of alkyl halides is 3. The molecule has 2 aromatic carbocycles. The van der Waals surface area contributed by atoms with Gasteiger partial charge in [0, 0.05) is 70.2 Å². The molecule has 236 valence electrons. The molecule has 0 aliphatic carbocycles. The van der Waals surface area contributed by atoms with E-state index in [0.29, 0.717) is 30.4 Å². The second-order valence-electron chi connectivity index (χ2n) is 11.4. The highest BCUT2D eigenvalue weighted by atomic mass is 19.4. The Balaban J connectivity index is 1.13. The van der Waals surface area contributed by atoms with Crippen molar-refractivity contribution in [3.8, 4) is 0 Å². The van der Waals surface area contributed by atoms with Gasteiger partial charge in [-0.2, -0.15) is 18.2 Å². The molecule has 3 aliphatic heterocycles. The summed E-state index contributed by atoms with van der Waals surface area (Å²) in [4.78, 5) is 20.6. The fourth-order valence-corrected chi connectivity index (χ4v) is 6.39. The second kappa shape index (κ2) is 13.2. The van der Waals surface area contributed by atoms with Crippen LogP contribution in [0.3, 0.4) is 0 Å². The predicted molar refractivity (Wildman–Crippen MR) is 159 cm³/mol. The summed E-state index contributed by atoms with van der Waals surface area (Å²) in [5.74, 6) is -0.913. The van der Waals surface area contributed by atoms with Gasteiger partial charge in [-0.25, -0.2) is 14.4 Å². The van der Waals surface area contributed by atoms with Crippen LogP contribution in [0.15, 0.2) is 54.7 Å². The first-order chi connectivity index (χ1) is 21.3. The number of benzene rings is 2. The molecular formula is C31H37F4N7O2. The fourth-order valence-electron chi connectivity index (χ4n) is 6.39. The van der Waals surface area contributed by atoms with Gasteiger partial charge in [-0.3, -0.25) is 14.6 Å². The van der Waals surface area contributed by atoms with E-state index >= 15 is 4.39 Å². The third-order valence-electron chi connectivity index (χ3n) is 8.72. The minimum atomic E-state index is -4.70. The number of aliphatic hydroxyl groups excluding tert-OH is 1. The maximum Gasteiger partial charge on any atom is 0.421 e. The molecule has 0 saturated carbocycles. The number of β-amino-alcohol motifs (C(OH)–C–C–N with tert-alkyl or cyclic N) is 1. The molecule has 44 heavy (non-hydrogen) atoms. The number of hydroxylamine groups is 1. The highest BCUT2D eigenvalue weighted by molar-refractivity contribution is 5.62. The minimum absolute atomic E-state index is 0.0950. The number of hydrogen-bond donors (Lipinski definition) is 2. The lowest BCUT2D eigenvalue weighted by atomic mass is 10.0. The van der Waals surface area contributed by atoms with Crippen LogP contribution in [0.4, 0.5) is 40.7 Å². The maximum atomic E-state index is 15.4. The SMILES string of the molecule is OCCN1CCN(C2CCN(c3ccc(Nc4ncc(C(F)(F)F)c(N5OCCC5c5ccccc5)n4)cc3F)CC2)CC1. The number of halogens is 4. The van der Waals surface area contributed by atoms with Crippen molar-refractivity contribution in [3.63, 3.8) is 0 Å². The zero-order chi connectivity index (χ0) is 30.7. The number of nitrogens with one attached hydrogen (secondary N) is 1. The smallest absolute Gasteiger partial charge is 0.395 e. The van der Waals surface area contributed by atoms with Crippen LogP contribution in [0.25, 0.3) is 0 Å². The molecule has 0 radical (unpaired) electrons. The number of piperazine rings is 1. The largest absolute Gasteiger partial charge is 0.421 e. The summed E-state index contributed by atoms with van der Waals surface area (Å²) in [6.07, 6.45) is -1.60. The number of aliphatic hydroxyl groups is 1. The Morgan fingerprint density at radius 3 is 2.39 bits per heavy atom. The van der Waals surface area contributed by atoms with Crippen LogP contribution in [0.2, 0.25) is 0 Å². The molecule has 0 bridgehead atoms. The van der Waals surface area contributed by atoms with Gasteiger partial charge in [-0.05, 0) is 36.6 Å². The van der Waals surface area contributed by atoms with Gasteiger partial charge in [-0.15, -0.1) is 0 Å². The predicted octanol–water partition coefficient (Wildman–Crippen LogP) is 4.84. The molecule has 3 aliphatic rings.